The molecule has 9 nitrogen and oxygen atoms in total. The number of amides is 1. The molecule has 1 aromatic carbocycles. The van der Waals surface area contributed by atoms with Gasteiger partial charge in [0.25, 0.3) is 5.56 Å². The third kappa shape index (κ3) is 3.51. The zero-order valence-electron chi connectivity index (χ0n) is 14.2. The van der Waals surface area contributed by atoms with Crippen molar-refractivity contribution in [1.29, 1.82) is 5.26 Å². The van der Waals surface area contributed by atoms with Crippen molar-refractivity contribution in [2.75, 3.05) is 11.1 Å². The first-order valence-corrected chi connectivity index (χ1v) is 9.08. The molecule has 0 aliphatic rings. The molecule has 0 radical (unpaired) electrons. The van der Waals surface area contributed by atoms with Crippen molar-refractivity contribution >= 4 is 28.9 Å². The smallest absolute Gasteiger partial charge is 0.290 e. The summed E-state index contributed by atoms with van der Waals surface area (Å²) in [5, 5.41) is 22.6. The Morgan fingerprint density at radius 2 is 2.14 bits per heavy atom. The largest absolute Gasteiger partial charge is 0.463 e. The molecule has 1 amide bonds. The number of furan rings is 1. The van der Waals surface area contributed by atoms with Gasteiger partial charge in [-0.2, -0.15) is 10.4 Å². The van der Waals surface area contributed by atoms with Crippen molar-refractivity contribution in [1.82, 2.24) is 19.8 Å². The number of H-pyrrole nitrogens is 1. The molecule has 0 fully saturated rings. The predicted molar refractivity (Wildman–Crippen MR) is 102 cm³/mol. The maximum absolute atomic E-state index is 12.2. The lowest BCUT2D eigenvalue weighted by Crippen LogP contribution is -2.17. The number of carbonyl (C=O) groups excluding carboxylic acids is 1. The Balaban J connectivity index is 1.51. The van der Waals surface area contributed by atoms with E-state index >= 15 is 0 Å². The Labute approximate surface area is 162 Å². The molecule has 0 saturated carbocycles. The van der Waals surface area contributed by atoms with Crippen LogP contribution in [-0.4, -0.2) is 31.5 Å². The minimum atomic E-state index is -0.392. The third-order valence-corrected chi connectivity index (χ3v) is 4.71. The predicted octanol–water partition coefficient (Wildman–Crippen LogP) is 2.28. The molecule has 0 bridgehead atoms. The van der Waals surface area contributed by atoms with E-state index in [-0.39, 0.29) is 11.7 Å². The second kappa shape index (κ2) is 7.42. The number of hydrogen-bond donors (Lipinski definition) is 2. The molecule has 0 spiro atoms. The molecule has 10 heteroatoms. The van der Waals surface area contributed by atoms with Gasteiger partial charge in [-0.05, 0) is 36.4 Å². The van der Waals surface area contributed by atoms with E-state index in [0.29, 0.717) is 33.4 Å². The highest BCUT2D eigenvalue weighted by Gasteiger charge is 2.15. The summed E-state index contributed by atoms with van der Waals surface area (Å²) in [6.07, 6.45) is 1.52. The summed E-state index contributed by atoms with van der Waals surface area (Å²) in [5.41, 5.74) is 1.50. The van der Waals surface area contributed by atoms with E-state index in [9.17, 15) is 9.59 Å². The number of benzene rings is 1. The maximum Gasteiger partial charge on any atom is 0.290 e. The lowest BCUT2D eigenvalue weighted by molar-refractivity contribution is -0.113. The van der Waals surface area contributed by atoms with Crippen molar-refractivity contribution in [2.24, 2.45) is 0 Å². The van der Waals surface area contributed by atoms with Gasteiger partial charge in [0.05, 0.1) is 23.6 Å². The van der Waals surface area contributed by atoms with Crippen LogP contribution in [0.25, 0.3) is 17.0 Å². The van der Waals surface area contributed by atoms with Crippen LogP contribution in [0, 0.1) is 11.3 Å². The van der Waals surface area contributed by atoms with E-state index in [1.165, 1.54) is 10.8 Å². The number of carbonyl (C=O) groups is 1. The molecule has 0 aliphatic carbocycles. The summed E-state index contributed by atoms with van der Waals surface area (Å²) < 4.78 is 6.70. The Bertz CT molecular complexity index is 1240. The van der Waals surface area contributed by atoms with Crippen LogP contribution in [0.4, 0.5) is 5.69 Å². The van der Waals surface area contributed by atoms with Crippen LogP contribution in [0.1, 0.15) is 5.56 Å². The number of aromatic amines is 1. The second-order valence-electron chi connectivity index (χ2n) is 5.67. The lowest BCUT2D eigenvalue weighted by Gasteiger charge is -2.05. The van der Waals surface area contributed by atoms with Crippen LogP contribution in [0.15, 0.2) is 63.1 Å². The molecule has 3 aromatic heterocycles. The fourth-order valence-corrected chi connectivity index (χ4v) is 3.19. The summed E-state index contributed by atoms with van der Waals surface area (Å²) in [5.74, 6) is 0.330. The van der Waals surface area contributed by atoms with Gasteiger partial charge in [0.1, 0.15) is 11.2 Å². The van der Waals surface area contributed by atoms with Crippen LogP contribution in [0.3, 0.4) is 0 Å². The van der Waals surface area contributed by atoms with Gasteiger partial charge in [-0.1, -0.05) is 11.8 Å². The van der Waals surface area contributed by atoms with E-state index in [0.717, 1.165) is 11.8 Å². The van der Waals surface area contributed by atoms with Gasteiger partial charge in [0.2, 0.25) is 11.1 Å². The van der Waals surface area contributed by atoms with Crippen molar-refractivity contribution in [2.45, 2.75) is 5.16 Å². The number of hydrogen-bond acceptors (Lipinski definition) is 7. The molecule has 4 aromatic rings. The fraction of sp³-hybridized carbons (Fsp3) is 0.0556. The molecule has 138 valence electrons. The molecular formula is C18H12N6O3S. The first kappa shape index (κ1) is 17.6. The third-order valence-electron chi connectivity index (χ3n) is 3.78. The van der Waals surface area contributed by atoms with Crippen LogP contribution >= 0.6 is 11.8 Å². The van der Waals surface area contributed by atoms with E-state index in [2.05, 4.69) is 20.6 Å². The number of aromatic nitrogens is 4. The van der Waals surface area contributed by atoms with Crippen LogP contribution in [0.2, 0.25) is 0 Å². The Kier molecular flexibility index (Phi) is 4.65. The number of fused-ring (bicyclic) bond motifs is 1. The Morgan fingerprint density at radius 1 is 1.32 bits per heavy atom. The molecule has 28 heavy (non-hydrogen) atoms. The highest BCUT2D eigenvalue weighted by molar-refractivity contribution is 7.99. The van der Waals surface area contributed by atoms with E-state index in [1.54, 1.807) is 42.5 Å². The first-order chi connectivity index (χ1) is 13.6. The quantitative estimate of drug-likeness (QED) is 0.498. The van der Waals surface area contributed by atoms with Crippen molar-refractivity contribution in [3.8, 4) is 17.5 Å². The number of nitrogens with zero attached hydrogens (tertiary/aromatic N) is 4. The lowest BCUT2D eigenvalue weighted by atomic mass is 10.2. The molecule has 2 N–H and O–H groups in total. The summed E-state index contributed by atoms with van der Waals surface area (Å²) in [7, 11) is 0. The number of thioether (sulfide) groups is 1. The minimum Gasteiger partial charge on any atom is -0.463 e. The first-order valence-electron chi connectivity index (χ1n) is 8.09. The van der Waals surface area contributed by atoms with Crippen molar-refractivity contribution in [3.63, 3.8) is 0 Å². The number of anilines is 1. The van der Waals surface area contributed by atoms with Gasteiger partial charge in [-0.25, -0.2) is 9.61 Å². The van der Waals surface area contributed by atoms with Gasteiger partial charge in [-0.15, -0.1) is 5.10 Å². The van der Waals surface area contributed by atoms with Gasteiger partial charge in [0, 0.05) is 11.8 Å². The van der Waals surface area contributed by atoms with Crippen LogP contribution in [-0.2, 0) is 4.79 Å². The van der Waals surface area contributed by atoms with Crippen molar-refractivity contribution < 1.29 is 9.21 Å². The molecule has 4 rings (SSSR count). The van der Waals surface area contributed by atoms with Gasteiger partial charge in [0.15, 0.2) is 5.76 Å². The van der Waals surface area contributed by atoms with Gasteiger partial charge in [-0.3, -0.25) is 9.59 Å². The summed E-state index contributed by atoms with van der Waals surface area (Å²) in [6, 6.07) is 13.6. The van der Waals surface area contributed by atoms with E-state index in [1.807, 2.05) is 6.07 Å². The molecule has 0 aliphatic heterocycles. The Hall–Kier alpha value is -3.84. The van der Waals surface area contributed by atoms with E-state index in [4.69, 9.17) is 9.68 Å². The highest BCUT2D eigenvalue weighted by Crippen LogP contribution is 2.22. The van der Waals surface area contributed by atoms with Gasteiger partial charge < -0.3 is 9.73 Å². The zero-order valence-corrected chi connectivity index (χ0v) is 15.1. The minimum absolute atomic E-state index is 0.0596. The SMILES string of the molecule is N#Cc1ccc(NC(=O)CSc2n[nH]c(=O)c3cc(-c4ccco4)nn23)cc1. The zero-order chi connectivity index (χ0) is 19.5. The second-order valence-corrected chi connectivity index (χ2v) is 6.61. The number of nitriles is 1. The molecule has 3 heterocycles. The number of nitrogens with one attached hydrogen (secondary N) is 2. The molecule has 0 saturated heterocycles. The van der Waals surface area contributed by atoms with Crippen LogP contribution < -0.4 is 10.9 Å². The summed E-state index contributed by atoms with van der Waals surface area (Å²) in [6.45, 7) is 0. The summed E-state index contributed by atoms with van der Waals surface area (Å²) in [4.78, 5) is 24.2. The Morgan fingerprint density at radius 3 is 2.86 bits per heavy atom. The average molecular weight is 392 g/mol. The summed E-state index contributed by atoms with van der Waals surface area (Å²) >= 11 is 1.13. The molecular weight excluding hydrogens is 380 g/mol. The topological polar surface area (TPSA) is 129 Å². The van der Waals surface area contributed by atoms with E-state index < -0.39 is 5.56 Å². The maximum atomic E-state index is 12.2. The van der Waals surface area contributed by atoms with Crippen molar-refractivity contribution in [3.05, 3.63) is 64.6 Å². The molecule has 0 atom stereocenters. The fourth-order valence-electron chi connectivity index (χ4n) is 2.49. The van der Waals surface area contributed by atoms with Gasteiger partial charge >= 0.3 is 0 Å². The monoisotopic (exact) mass is 392 g/mol. The highest BCUT2D eigenvalue weighted by atomic mass is 32.2. The normalized spacial score (nSPS) is 10.7. The molecule has 0 unspecified atom stereocenters. The standard InChI is InChI=1S/C18H12N6O3S/c19-9-11-3-5-12(6-4-11)20-16(25)10-28-18-22-21-17(26)14-8-13(23-24(14)18)15-2-1-7-27-15/h1-8H,10H2,(H,20,25)(H,21,26). The van der Waals surface area contributed by atoms with Crippen LogP contribution in [0.5, 0.6) is 0 Å². The number of rotatable bonds is 5. The average Bonchev–Trinajstić information content (AvgIpc) is 3.38.